The second kappa shape index (κ2) is 8.67. The number of ether oxygens (including phenoxy) is 2. The SMILES string of the molecule is COc1ccccc1NC(=O)CCCC(=O)Oc1ccccc1F. The van der Waals surface area contributed by atoms with Gasteiger partial charge in [-0.25, -0.2) is 4.39 Å². The van der Waals surface area contributed by atoms with E-state index in [0.29, 0.717) is 17.9 Å². The van der Waals surface area contributed by atoms with Gasteiger partial charge < -0.3 is 14.8 Å². The first kappa shape index (κ1) is 17.5. The van der Waals surface area contributed by atoms with E-state index in [1.165, 1.54) is 25.3 Å². The molecule has 6 heteroatoms. The Morgan fingerprint density at radius 2 is 1.67 bits per heavy atom. The number of para-hydroxylation sites is 3. The summed E-state index contributed by atoms with van der Waals surface area (Å²) < 4.78 is 23.4. The van der Waals surface area contributed by atoms with Crippen LogP contribution in [0.3, 0.4) is 0 Å². The van der Waals surface area contributed by atoms with Gasteiger partial charge in [0.2, 0.25) is 5.91 Å². The molecule has 2 aromatic carbocycles. The Kier molecular flexibility index (Phi) is 6.31. The molecule has 2 aromatic rings. The maximum atomic E-state index is 13.4. The van der Waals surface area contributed by atoms with Gasteiger partial charge in [0.1, 0.15) is 5.75 Å². The van der Waals surface area contributed by atoms with Crippen LogP contribution in [-0.2, 0) is 9.59 Å². The summed E-state index contributed by atoms with van der Waals surface area (Å²) in [4.78, 5) is 23.6. The average molecular weight is 331 g/mol. The lowest BCUT2D eigenvalue weighted by atomic mass is 10.2. The minimum absolute atomic E-state index is 0.0215. The lowest BCUT2D eigenvalue weighted by Gasteiger charge is -2.09. The molecule has 0 bridgehead atoms. The van der Waals surface area contributed by atoms with Crippen LogP contribution >= 0.6 is 0 Å². The second-order valence-corrected chi connectivity index (χ2v) is 5.01. The number of anilines is 1. The Morgan fingerprint density at radius 3 is 2.38 bits per heavy atom. The summed E-state index contributed by atoms with van der Waals surface area (Å²) in [5.74, 6) is -0.964. The van der Waals surface area contributed by atoms with Crippen molar-refractivity contribution < 1.29 is 23.5 Å². The number of rotatable bonds is 7. The largest absolute Gasteiger partial charge is 0.495 e. The molecule has 1 N–H and O–H groups in total. The Labute approximate surface area is 139 Å². The molecule has 0 unspecified atom stereocenters. The third-order valence-electron chi connectivity index (χ3n) is 3.23. The fraction of sp³-hybridized carbons (Fsp3) is 0.222. The van der Waals surface area contributed by atoms with Crippen LogP contribution in [-0.4, -0.2) is 19.0 Å². The highest BCUT2D eigenvalue weighted by molar-refractivity contribution is 5.92. The first-order valence-corrected chi connectivity index (χ1v) is 7.48. The zero-order valence-corrected chi connectivity index (χ0v) is 13.3. The number of esters is 1. The van der Waals surface area contributed by atoms with Crippen LogP contribution < -0.4 is 14.8 Å². The van der Waals surface area contributed by atoms with Crippen molar-refractivity contribution in [3.8, 4) is 11.5 Å². The molecule has 1 amide bonds. The molecule has 0 aliphatic carbocycles. The Balaban J connectivity index is 1.76. The van der Waals surface area contributed by atoms with Crippen molar-refractivity contribution >= 4 is 17.6 Å². The number of halogens is 1. The molecule has 0 aliphatic rings. The Morgan fingerprint density at radius 1 is 1.00 bits per heavy atom. The summed E-state index contributed by atoms with van der Waals surface area (Å²) in [5.41, 5.74) is 0.568. The molecule has 0 aromatic heterocycles. The van der Waals surface area contributed by atoms with Gasteiger partial charge in [-0.2, -0.15) is 0 Å². The quantitative estimate of drug-likeness (QED) is 0.622. The van der Waals surface area contributed by atoms with Gasteiger partial charge in [0.05, 0.1) is 12.8 Å². The zero-order chi connectivity index (χ0) is 17.4. The van der Waals surface area contributed by atoms with E-state index in [0.717, 1.165) is 0 Å². The number of carbonyl (C=O) groups excluding carboxylic acids is 2. The predicted octanol–water partition coefficient (Wildman–Crippen LogP) is 3.55. The second-order valence-electron chi connectivity index (χ2n) is 5.01. The summed E-state index contributed by atoms with van der Waals surface area (Å²) in [6, 6.07) is 12.7. The van der Waals surface area contributed by atoms with Gasteiger partial charge in [0, 0.05) is 12.8 Å². The highest BCUT2D eigenvalue weighted by atomic mass is 19.1. The van der Waals surface area contributed by atoms with Gasteiger partial charge >= 0.3 is 5.97 Å². The van der Waals surface area contributed by atoms with Crippen LogP contribution in [0.1, 0.15) is 19.3 Å². The molecule has 0 fully saturated rings. The molecule has 0 heterocycles. The summed E-state index contributed by atoms with van der Waals surface area (Å²) >= 11 is 0. The normalized spacial score (nSPS) is 10.1. The highest BCUT2D eigenvalue weighted by Gasteiger charge is 2.11. The van der Waals surface area contributed by atoms with Crippen molar-refractivity contribution in [2.45, 2.75) is 19.3 Å². The van der Waals surface area contributed by atoms with Crippen LogP contribution in [0.25, 0.3) is 0 Å². The molecule has 0 spiro atoms. The third-order valence-corrected chi connectivity index (χ3v) is 3.23. The van der Waals surface area contributed by atoms with Gasteiger partial charge in [-0.1, -0.05) is 24.3 Å². The maximum Gasteiger partial charge on any atom is 0.311 e. The van der Waals surface area contributed by atoms with Crippen molar-refractivity contribution in [2.75, 3.05) is 12.4 Å². The van der Waals surface area contributed by atoms with E-state index in [-0.39, 0.29) is 24.5 Å². The van der Waals surface area contributed by atoms with Crippen LogP contribution in [0.2, 0.25) is 0 Å². The number of nitrogens with one attached hydrogen (secondary N) is 1. The van der Waals surface area contributed by atoms with Crippen LogP contribution in [0.5, 0.6) is 11.5 Å². The van der Waals surface area contributed by atoms with Crippen LogP contribution in [0.15, 0.2) is 48.5 Å². The highest BCUT2D eigenvalue weighted by Crippen LogP contribution is 2.23. The van der Waals surface area contributed by atoms with E-state index >= 15 is 0 Å². The summed E-state index contributed by atoms with van der Waals surface area (Å²) in [5, 5.41) is 2.72. The van der Waals surface area contributed by atoms with Crippen molar-refractivity contribution in [3.63, 3.8) is 0 Å². The number of amides is 1. The molecule has 5 nitrogen and oxygen atoms in total. The zero-order valence-electron chi connectivity index (χ0n) is 13.3. The van der Waals surface area contributed by atoms with E-state index in [2.05, 4.69) is 5.32 Å². The fourth-order valence-corrected chi connectivity index (χ4v) is 2.06. The van der Waals surface area contributed by atoms with E-state index in [4.69, 9.17) is 9.47 Å². The summed E-state index contributed by atoms with van der Waals surface area (Å²) in [6.45, 7) is 0. The minimum Gasteiger partial charge on any atom is -0.495 e. The number of methoxy groups -OCH3 is 1. The molecule has 2 rings (SSSR count). The standard InChI is InChI=1S/C18H18FNO4/c1-23-16-10-5-3-8-14(16)20-17(21)11-6-12-18(22)24-15-9-4-2-7-13(15)19/h2-5,7-10H,6,11-12H2,1H3,(H,20,21). The molecule has 24 heavy (non-hydrogen) atoms. The molecule has 126 valence electrons. The van der Waals surface area contributed by atoms with Gasteiger partial charge in [0.15, 0.2) is 11.6 Å². The first-order chi connectivity index (χ1) is 11.6. The first-order valence-electron chi connectivity index (χ1n) is 7.48. The number of benzene rings is 2. The average Bonchev–Trinajstić information content (AvgIpc) is 2.57. The monoisotopic (exact) mass is 331 g/mol. The predicted molar refractivity (Wildman–Crippen MR) is 87.5 cm³/mol. The van der Waals surface area contributed by atoms with Gasteiger partial charge in [-0.15, -0.1) is 0 Å². The van der Waals surface area contributed by atoms with E-state index in [1.807, 2.05) is 0 Å². The molecular formula is C18H18FNO4. The molecular weight excluding hydrogens is 313 g/mol. The van der Waals surface area contributed by atoms with Crippen molar-refractivity contribution in [1.82, 2.24) is 0 Å². The number of carbonyl (C=O) groups is 2. The summed E-state index contributed by atoms with van der Waals surface area (Å²) in [7, 11) is 1.52. The number of hydrogen-bond donors (Lipinski definition) is 1. The van der Waals surface area contributed by atoms with Crippen molar-refractivity contribution in [3.05, 3.63) is 54.3 Å². The smallest absolute Gasteiger partial charge is 0.311 e. The third kappa shape index (κ3) is 5.08. The van der Waals surface area contributed by atoms with Crippen molar-refractivity contribution in [1.29, 1.82) is 0 Å². The fourth-order valence-electron chi connectivity index (χ4n) is 2.06. The lowest BCUT2D eigenvalue weighted by Crippen LogP contribution is -2.14. The molecule has 0 aliphatic heterocycles. The maximum absolute atomic E-state index is 13.4. The molecule has 0 atom stereocenters. The molecule has 0 radical (unpaired) electrons. The Hall–Kier alpha value is -2.89. The molecule has 0 saturated heterocycles. The van der Waals surface area contributed by atoms with Crippen LogP contribution in [0.4, 0.5) is 10.1 Å². The Bertz CT molecular complexity index is 718. The molecule has 0 saturated carbocycles. The van der Waals surface area contributed by atoms with E-state index < -0.39 is 11.8 Å². The summed E-state index contributed by atoms with van der Waals surface area (Å²) in [6.07, 6.45) is 0.465. The van der Waals surface area contributed by atoms with Gasteiger partial charge in [0.25, 0.3) is 0 Å². The lowest BCUT2D eigenvalue weighted by molar-refractivity contribution is -0.134. The van der Waals surface area contributed by atoms with Crippen molar-refractivity contribution in [2.24, 2.45) is 0 Å². The van der Waals surface area contributed by atoms with E-state index in [1.54, 1.807) is 30.3 Å². The number of hydrogen-bond acceptors (Lipinski definition) is 4. The topological polar surface area (TPSA) is 64.6 Å². The van der Waals surface area contributed by atoms with Gasteiger partial charge in [-0.3, -0.25) is 9.59 Å². The van der Waals surface area contributed by atoms with E-state index in [9.17, 15) is 14.0 Å². The van der Waals surface area contributed by atoms with Crippen LogP contribution in [0, 0.1) is 5.82 Å². The minimum atomic E-state index is -0.597. The van der Waals surface area contributed by atoms with Gasteiger partial charge in [-0.05, 0) is 30.7 Å².